The van der Waals surface area contributed by atoms with Gasteiger partial charge in [0.2, 0.25) is 5.91 Å². The maximum atomic E-state index is 11.9. The van der Waals surface area contributed by atoms with Crippen molar-refractivity contribution in [2.24, 2.45) is 11.7 Å². The Morgan fingerprint density at radius 3 is 2.63 bits per heavy atom. The molecule has 0 aromatic heterocycles. The first-order valence-corrected chi connectivity index (χ1v) is 6.47. The van der Waals surface area contributed by atoms with E-state index in [0.717, 1.165) is 11.4 Å². The van der Waals surface area contributed by atoms with Crippen molar-refractivity contribution in [2.75, 3.05) is 38.3 Å². The lowest BCUT2D eigenvalue weighted by Crippen LogP contribution is -2.25. The molecule has 1 aromatic rings. The van der Waals surface area contributed by atoms with Crippen molar-refractivity contribution >= 4 is 11.6 Å². The van der Waals surface area contributed by atoms with Crippen molar-refractivity contribution in [3.8, 4) is 5.75 Å². The minimum atomic E-state index is 0.142. The molecule has 0 saturated carbocycles. The topological polar surface area (TPSA) is 64.8 Å². The van der Waals surface area contributed by atoms with Gasteiger partial charge in [-0.3, -0.25) is 4.79 Å². The molecule has 1 atom stereocenters. The van der Waals surface area contributed by atoms with E-state index in [2.05, 4.69) is 0 Å². The van der Waals surface area contributed by atoms with Crippen LogP contribution in [0.2, 0.25) is 0 Å². The Bertz CT molecular complexity index is 419. The molecule has 19 heavy (non-hydrogen) atoms. The molecule has 0 radical (unpaired) electrons. The van der Waals surface area contributed by atoms with E-state index in [9.17, 15) is 4.79 Å². The highest BCUT2D eigenvalue weighted by Crippen LogP contribution is 2.26. The molecular formula is C14H20N2O3. The zero-order valence-corrected chi connectivity index (χ0v) is 11.2. The molecule has 0 spiro atoms. The van der Waals surface area contributed by atoms with Gasteiger partial charge in [0.1, 0.15) is 12.4 Å². The minimum Gasteiger partial charge on any atom is -0.491 e. The quantitative estimate of drug-likeness (QED) is 0.779. The van der Waals surface area contributed by atoms with Gasteiger partial charge in [0.15, 0.2) is 0 Å². The Labute approximate surface area is 113 Å². The highest BCUT2D eigenvalue weighted by atomic mass is 16.5. The maximum absolute atomic E-state index is 11.9. The summed E-state index contributed by atoms with van der Waals surface area (Å²) in [4.78, 5) is 13.7. The van der Waals surface area contributed by atoms with E-state index in [1.54, 1.807) is 12.0 Å². The van der Waals surface area contributed by atoms with Gasteiger partial charge >= 0.3 is 0 Å². The summed E-state index contributed by atoms with van der Waals surface area (Å²) < 4.78 is 10.4. The van der Waals surface area contributed by atoms with Crippen LogP contribution in [0.4, 0.5) is 5.69 Å². The molecule has 2 rings (SSSR count). The molecule has 1 amide bonds. The van der Waals surface area contributed by atoms with Crippen LogP contribution in [-0.2, 0) is 9.53 Å². The molecule has 2 N–H and O–H groups in total. The van der Waals surface area contributed by atoms with Gasteiger partial charge in [-0.1, -0.05) is 0 Å². The Balaban J connectivity index is 1.96. The summed E-state index contributed by atoms with van der Waals surface area (Å²) in [6.07, 6.45) is 0.544. The van der Waals surface area contributed by atoms with Crippen LogP contribution >= 0.6 is 0 Å². The highest BCUT2D eigenvalue weighted by Gasteiger charge is 2.29. The fourth-order valence-electron chi connectivity index (χ4n) is 2.15. The molecule has 1 saturated heterocycles. The van der Waals surface area contributed by atoms with Crippen molar-refractivity contribution in [2.45, 2.75) is 6.42 Å². The number of benzene rings is 1. The van der Waals surface area contributed by atoms with E-state index in [1.165, 1.54) is 0 Å². The van der Waals surface area contributed by atoms with Crippen molar-refractivity contribution in [3.63, 3.8) is 0 Å². The predicted octanol–water partition coefficient (Wildman–Crippen LogP) is 1.02. The molecular weight excluding hydrogens is 244 g/mol. The zero-order valence-electron chi connectivity index (χ0n) is 11.2. The number of amides is 1. The average Bonchev–Trinajstić information content (AvgIpc) is 2.81. The average molecular weight is 264 g/mol. The number of nitrogens with two attached hydrogens (primary N) is 1. The van der Waals surface area contributed by atoms with Crippen molar-refractivity contribution < 1.29 is 14.3 Å². The second-order valence-corrected chi connectivity index (χ2v) is 4.65. The number of carbonyl (C=O) groups excluding carboxylic acids is 1. The van der Waals surface area contributed by atoms with E-state index in [0.29, 0.717) is 32.7 Å². The number of hydrogen-bond donors (Lipinski definition) is 1. The van der Waals surface area contributed by atoms with E-state index in [-0.39, 0.29) is 11.8 Å². The normalized spacial score (nSPS) is 18.9. The third kappa shape index (κ3) is 3.45. The molecule has 1 unspecified atom stereocenters. The van der Waals surface area contributed by atoms with Gasteiger partial charge in [-0.05, 0) is 36.7 Å². The molecule has 1 aliphatic rings. The van der Waals surface area contributed by atoms with Crippen LogP contribution < -0.4 is 15.4 Å². The lowest BCUT2D eigenvalue weighted by molar-refractivity contribution is -0.117. The third-order valence-electron chi connectivity index (χ3n) is 3.24. The SMILES string of the molecule is COCCOc1ccc(N2CC(CN)CC2=O)cc1. The number of carbonyl (C=O) groups is 1. The van der Waals surface area contributed by atoms with Gasteiger partial charge in [0.05, 0.1) is 6.61 Å². The largest absolute Gasteiger partial charge is 0.491 e. The number of hydrogen-bond acceptors (Lipinski definition) is 4. The summed E-state index contributed by atoms with van der Waals surface area (Å²) in [7, 11) is 1.64. The van der Waals surface area contributed by atoms with Crippen LogP contribution in [0.3, 0.4) is 0 Å². The molecule has 104 valence electrons. The summed E-state index contributed by atoms with van der Waals surface area (Å²) in [5.74, 6) is 1.19. The summed E-state index contributed by atoms with van der Waals surface area (Å²) in [6.45, 7) is 2.35. The number of methoxy groups -OCH3 is 1. The lowest BCUT2D eigenvalue weighted by Gasteiger charge is -2.17. The van der Waals surface area contributed by atoms with Gasteiger partial charge in [-0.15, -0.1) is 0 Å². The van der Waals surface area contributed by atoms with Crippen molar-refractivity contribution in [1.29, 1.82) is 0 Å². The molecule has 1 fully saturated rings. The molecule has 0 bridgehead atoms. The number of ether oxygens (including phenoxy) is 2. The van der Waals surface area contributed by atoms with Gasteiger partial charge in [-0.25, -0.2) is 0 Å². The Morgan fingerprint density at radius 2 is 2.05 bits per heavy atom. The predicted molar refractivity (Wildman–Crippen MR) is 73.3 cm³/mol. The fourth-order valence-corrected chi connectivity index (χ4v) is 2.15. The monoisotopic (exact) mass is 264 g/mol. The number of rotatable bonds is 6. The molecule has 1 aromatic carbocycles. The van der Waals surface area contributed by atoms with Crippen LogP contribution in [-0.4, -0.2) is 39.3 Å². The second-order valence-electron chi connectivity index (χ2n) is 4.65. The van der Waals surface area contributed by atoms with Crippen LogP contribution in [0.1, 0.15) is 6.42 Å². The first-order valence-electron chi connectivity index (χ1n) is 6.47. The molecule has 5 nitrogen and oxygen atoms in total. The Hall–Kier alpha value is -1.59. The Morgan fingerprint density at radius 1 is 1.32 bits per heavy atom. The van der Waals surface area contributed by atoms with Crippen LogP contribution in [0.15, 0.2) is 24.3 Å². The smallest absolute Gasteiger partial charge is 0.227 e. The zero-order chi connectivity index (χ0) is 13.7. The van der Waals surface area contributed by atoms with Crippen LogP contribution in [0.25, 0.3) is 0 Å². The van der Waals surface area contributed by atoms with E-state index < -0.39 is 0 Å². The summed E-state index contributed by atoms with van der Waals surface area (Å²) in [5, 5.41) is 0. The van der Waals surface area contributed by atoms with Gasteiger partial charge in [0.25, 0.3) is 0 Å². The summed E-state index contributed by atoms with van der Waals surface area (Å²) in [5.41, 5.74) is 6.52. The lowest BCUT2D eigenvalue weighted by atomic mass is 10.1. The van der Waals surface area contributed by atoms with Crippen LogP contribution in [0, 0.1) is 5.92 Å². The van der Waals surface area contributed by atoms with Crippen LogP contribution in [0.5, 0.6) is 5.75 Å². The summed E-state index contributed by atoms with van der Waals surface area (Å²) >= 11 is 0. The number of nitrogens with zero attached hydrogens (tertiary/aromatic N) is 1. The Kier molecular flexibility index (Phi) is 4.76. The first kappa shape index (κ1) is 13.8. The highest BCUT2D eigenvalue weighted by molar-refractivity contribution is 5.95. The van der Waals surface area contributed by atoms with Gasteiger partial charge < -0.3 is 20.1 Å². The minimum absolute atomic E-state index is 0.142. The van der Waals surface area contributed by atoms with E-state index in [4.69, 9.17) is 15.2 Å². The fraction of sp³-hybridized carbons (Fsp3) is 0.500. The van der Waals surface area contributed by atoms with E-state index >= 15 is 0 Å². The molecule has 0 aliphatic carbocycles. The van der Waals surface area contributed by atoms with Gasteiger partial charge in [-0.2, -0.15) is 0 Å². The molecule has 5 heteroatoms. The molecule has 1 heterocycles. The van der Waals surface area contributed by atoms with E-state index in [1.807, 2.05) is 24.3 Å². The molecule has 1 aliphatic heterocycles. The third-order valence-corrected chi connectivity index (χ3v) is 3.24. The summed E-state index contributed by atoms with van der Waals surface area (Å²) in [6, 6.07) is 7.54. The van der Waals surface area contributed by atoms with Gasteiger partial charge in [0, 0.05) is 25.8 Å². The first-order chi connectivity index (χ1) is 9.24. The van der Waals surface area contributed by atoms with Crippen molar-refractivity contribution in [3.05, 3.63) is 24.3 Å². The second kappa shape index (κ2) is 6.54. The number of anilines is 1. The maximum Gasteiger partial charge on any atom is 0.227 e. The standard InChI is InChI=1S/C14H20N2O3/c1-18-6-7-19-13-4-2-12(3-5-13)16-10-11(9-15)8-14(16)17/h2-5,11H,6-10,15H2,1H3. The van der Waals surface area contributed by atoms with Crippen molar-refractivity contribution in [1.82, 2.24) is 0 Å².